The number of hydrogen-bond acceptors (Lipinski definition) is 3. The lowest BCUT2D eigenvalue weighted by Crippen LogP contribution is -2.40. The van der Waals surface area contributed by atoms with E-state index in [1.807, 2.05) is 35.2 Å². The second kappa shape index (κ2) is 7.83. The van der Waals surface area contributed by atoms with Crippen molar-refractivity contribution in [3.05, 3.63) is 65.7 Å². The topological polar surface area (TPSA) is 66.8 Å². The number of carboxylic acid groups (broad SMARTS) is 1. The smallest absolute Gasteiger partial charge is 0.335 e. The lowest BCUT2D eigenvalue weighted by atomic mass is 10.1. The van der Waals surface area contributed by atoms with Crippen molar-refractivity contribution in [2.75, 3.05) is 13.1 Å². The number of nitrogens with zero attached hydrogens (tertiary/aromatic N) is 1. The Hall–Kier alpha value is -2.82. The fourth-order valence-corrected chi connectivity index (χ4v) is 2.98. The highest BCUT2D eigenvalue weighted by Crippen LogP contribution is 2.26. The zero-order valence-electron chi connectivity index (χ0n) is 13.9. The van der Waals surface area contributed by atoms with Crippen molar-refractivity contribution in [3.63, 3.8) is 0 Å². The van der Waals surface area contributed by atoms with Crippen LogP contribution in [0.25, 0.3) is 0 Å². The standard InChI is InChI=1S/C20H21NO4/c22-19(21-13-5-2-6-14-21)18(15-7-3-1-4-8-15)25-17-11-9-16(10-12-17)20(23)24/h1,3-4,7-12,18H,2,5-6,13-14H2,(H,23,24)/t18-/m1/s1. The number of ether oxygens (including phenoxy) is 1. The quantitative estimate of drug-likeness (QED) is 0.905. The maximum atomic E-state index is 13.0. The van der Waals surface area contributed by atoms with Crippen molar-refractivity contribution < 1.29 is 19.4 Å². The van der Waals surface area contributed by atoms with Crippen molar-refractivity contribution in [2.24, 2.45) is 0 Å². The van der Waals surface area contributed by atoms with Crippen LogP contribution in [0.5, 0.6) is 5.75 Å². The lowest BCUT2D eigenvalue weighted by Gasteiger charge is -2.30. The Morgan fingerprint density at radius 1 is 0.920 bits per heavy atom. The SMILES string of the molecule is O=C(O)c1ccc(O[C@@H](C(=O)N2CCCCC2)c2ccccc2)cc1. The molecular weight excluding hydrogens is 318 g/mol. The molecule has 5 heteroatoms. The van der Waals surface area contributed by atoms with Crippen LogP contribution in [-0.4, -0.2) is 35.0 Å². The molecule has 1 heterocycles. The summed E-state index contributed by atoms with van der Waals surface area (Å²) in [6, 6.07) is 15.5. The van der Waals surface area contributed by atoms with Crippen molar-refractivity contribution >= 4 is 11.9 Å². The molecule has 1 amide bonds. The fraction of sp³-hybridized carbons (Fsp3) is 0.300. The van der Waals surface area contributed by atoms with E-state index in [-0.39, 0.29) is 11.5 Å². The van der Waals surface area contributed by atoms with Crippen LogP contribution in [0.1, 0.15) is 41.3 Å². The van der Waals surface area contributed by atoms with Crippen LogP contribution in [0.2, 0.25) is 0 Å². The summed E-state index contributed by atoms with van der Waals surface area (Å²) < 4.78 is 5.97. The van der Waals surface area contributed by atoms with Crippen molar-refractivity contribution in [3.8, 4) is 5.75 Å². The number of carboxylic acids is 1. The minimum Gasteiger partial charge on any atom is -0.478 e. The second-order valence-corrected chi connectivity index (χ2v) is 6.12. The molecule has 3 rings (SSSR count). The number of likely N-dealkylation sites (tertiary alicyclic amines) is 1. The number of aromatic carboxylic acids is 1. The first-order chi connectivity index (χ1) is 12.1. The molecule has 1 saturated heterocycles. The van der Waals surface area contributed by atoms with Crippen LogP contribution in [-0.2, 0) is 4.79 Å². The summed E-state index contributed by atoms with van der Waals surface area (Å²) in [6.45, 7) is 1.51. The molecule has 0 spiro atoms. The average Bonchev–Trinajstić information content (AvgIpc) is 2.67. The van der Waals surface area contributed by atoms with Gasteiger partial charge in [-0.1, -0.05) is 30.3 Å². The first-order valence-electron chi connectivity index (χ1n) is 8.49. The molecule has 0 aromatic heterocycles. The summed E-state index contributed by atoms with van der Waals surface area (Å²) in [5, 5.41) is 8.99. The van der Waals surface area contributed by atoms with Crippen LogP contribution in [0.4, 0.5) is 0 Å². The zero-order valence-corrected chi connectivity index (χ0v) is 13.9. The lowest BCUT2D eigenvalue weighted by molar-refractivity contribution is -0.140. The predicted octanol–water partition coefficient (Wildman–Crippen LogP) is 3.52. The summed E-state index contributed by atoms with van der Waals surface area (Å²) in [5.41, 5.74) is 0.978. The third-order valence-corrected chi connectivity index (χ3v) is 4.35. The first kappa shape index (κ1) is 17.0. The van der Waals surface area contributed by atoms with Gasteiger partial charge in [0.25, 0.3) is 5.91 Å². The van der Waals surface area contributed by atoms with E-state index in [9.17, 15) is 9.59 Å². The zero-order chi connectivity index (χ0) is 17.6. The van der Waals surface area contributed by atoms with Crippen molar-refractivity contribution in [1.82, 2.24) is 4.90 Å². The monoisotopic (exact) mass is 339 g/mol. The summed E-state index contributed by atoms with van der Waals surface area (Å²) >= 11 is 0. The number of carbonyl (C=O) groups excluding carboxylic acids is 1. The Bertz CT molecular complexity index is 721. The average molecular weight is 339 g/mol. The van der Waals surface area contributed by atoms with Gasteiger partial charge in [0, 0.05) is 18.7 Å². The van der Waals surface area contributed by atoms with Gasteiger partial charge >= 0.3 is 5.97 Å². The maximum Gasteiger partial charge on any atom is 0.335 e. The van der Waals surface area contributed by atoms with E-state index in [1.54, 1.807) is 12.1 Å². The van der Waals surface area contributed by atoms with Gasteiger partial charge < -0.3 is 14.7 Å². The number of benzene rings is 2. The molecule has 130 valence electrons. The molecule has 1 aliphatic heterocycles. The van der Waals surface area contributed by atoms with Gasteiger partial charge in [0.2, 0.25) is 6.10 Å². The molecule has 1 atom stereocenters. The summed E-state index contributed by atoms with van der Waals surface area (Å²) in [4.78, 5) is 25.8. The van der Waals surface area contributed by atoms with Crippen LogP contribution in [0.15, 0.2) is 54.6 Å². The molecule has 1 aliphatic rings. The van der Waals surface area contributed by atoms with E-state index >= 15 is 0 Å². The molecule has 0 unspecified atom stereocenters. The third kappa shape index (κ3) is 4.18. The molecule has 0 aliphatic carbocycles. The molecule has 0 saturated carbocycles. The predicted molar refractivity (Wildman–Crippen MR) is 93.6 cm³/mol. The van der Waals surface area contributed by atoms with Gasteiger partial charge in [-0.15, -0.1) is 0 Å². The van der Waals surface area contributed by atoms with E-state index in [1.165, 1.54) is 12.1 Å². The van der Waals surface area contributed by atoms with Gasteiger partial charge in [-0.2, -0.15) is 0 Å². The molecule has 1 N–H and O–H groups in total. The van der Waals surface area contributed by atoms with Gasteiger partial charge in [0.15, 0.2) is 0 Å². The Kier molecular flexibility index (Phi) is 5.33. The first-order valence-corrected chi connectivity index (χ1v) is 8.49. The normalized spacial score (nSPS) is 15.4. The van der Waals surface area contributed by atoms with E-state index in [0.29, 0.717) is 5.75 Å². The van der Waals surface area contributed by atoms with Gasteiger partial charge in [-0.3, -0.25) is 4.79 Å². The Labute approximate surface area is 146 Å². The van der Waals surface area contributed by atoms with E-state index in [0.717, 1.165) is 37.9 Å². The minimum atomic E-state index is -0.990. The minimum absolute atomic E-state index is 0.0480. The van der Waals surface area contributed by atoms with Crippen molar-refractivity contribution in [1.29, 1.82) is 0 Å². The third-order valence-electron chi connectivity index (χ3n) is 4.35. The largest absolute Gasteiger partial charge is 0.478 e. The van der Waals surface area contributed by atoms with Gasteiger partial charge in [0.05, 0.1) is 5.56 Å². The van der Waals surface area contributed by atoms with Crippen LogP contribution in [0.3, 0.4) is 0 Å². The molecule has 0 radical (unpaired) electrons. The van der Waals surface area contributed by atoms with Gasteiger partial charge in [-0.25, -0.2) is 4.79 Å². The molecule has 2 aromatic rings. The second-order valence-electron chi connectivity index (χ2n) is 6.12. The molecule has 2 aromatic carbocycles. The van der Waals surface area contributed by atoms with E-state index in [2.05, 4.69) is 0 Å². The highest BCUT2D eigenvalue weighted by Gasteiger charge is 2.28. The summed E-state index contributed by atoms with van der Waals surface area (Å²) in [7, 11) is 0. The van der Waals surface area contributed by atoms with Gasteiger partial charge in [0.1, 0.15) is 5.75 Å². The maximum absolute atomic E-state index is 13.0. The molecular formula is C20H21NO4. The van der Waals surface area contributed by atoms with E-state index < -0.39 is 12.1 Å². The van der Waals surface area contributed by atoms with Crippen molar-refractivity contribution in [2.45, 2.75) is 25.4 Å². The number of hydrogen-bond donors (Lipinski definition) is 1. The Morgan fingerprint density at radius 2 is 1.56 bits per heavy atom. The molecule has 1 fully saturated rings. The molecule has 5 nitrogen and oxygen atoms in total. The number of rotatable bonds is 5. The summed E-state index contributed by atoms with van der Waals surface area (Å²) in [6.07, 6.45) is 2.45. The van der Waals surface area contributed by atoms with Gasteiger partial charge in [-0.05, 0) is 43.5 Å². The van der Waals surface area contributed by atoms with E-state index in [4.69, 9.17) is 9.84 Å². The summed E-state index contributed by atoms with van der Waals surface area (Å²) in [5.74, 6) is -0.562. The fourth-order valence-electron chi connectivity index (χ4n) is 2.98. The highest BCUT2D eigenvalue weighted by molar-refractivity contribution is 5.87. The number of piperidine rings is 1. The molecule has 0 bridgehead atoms. The van der Waals surface area contributed by atoms with Crippen LogP contribution in [0, 0.1) is 0 Å². The Morgan fingerprint density at radius 3 is 2.16 bits per heavy atom. The number of carbonyl (C=O) groups is 2. The number of amides is 1. The Balaban J connectivity index is 1.83. The van der Waals surface area contributed by atoms with Crippen LogP contribution >= 0.6 is 0 Å². The molecule has 25 heavy (non-hydrogen) atoms. The highest BCUT2D eigenvalue weighted by atomic mass is 16.5. The van der Waals surface area contributed by atoms with Crippen LogP contribution < -0.4 is 4.74 Å².